The molecule has 0 heterocycles. The van der Waals surface area contributed by atoms with Gasteiger partial charge in [0, 0.05) is 19.4 Å². The van der Waals surface area contributed by atoms with Gasteiger partial charge in [-0.05, 0) is 116 Å². The number of ether oxygens (including phenoxy) is 3. The molecule has 0 N–H and O–H groups in total. The number of rotatable bonds is 57. The number of esters is 2. The monoisotopic (exact) mass is 1000 g/mol. The zero-order valence-corrected chi connectivity index (χ0v) is 47.9. The van der Waals surface area contributed by atoms with E-state index < -0.39 is 6.10 Å². The van der Waals surface area contributed by atoms with Gasteiger partial charge in [0.15, 0.2) is 6.10 Å². The minimum absolute atomic E-state index is 0.0704. The summed E-state index contributed by atoms with van der Waals surface area (Å²) in [7, 11) is 0. The fourth-order valence-electron chi connectivity index (χ4n) is 8.76. The Morgan fingerprint density at radius 1 is 0.319 bits per heavy atom. The van der Waals surface area contributed by atoms with Crippen molar-refractivity contribution in [3.8, 4) is 0 Å². The predicted octanol–water partition coefficient (Wildman–Crippen LogP) is 21.6. The summed E-state index contributed by atoms with van der Waals surface area (Å²) < 4.78 is 17.5. The summed E-state index contributed by atoms with van der Waals surface area (Å²) >= 11 is 0. The van der Waals surface area contributed by atoms with E-state index in [0.29, 0.717) is 19.4 Å². The maximum absolute atomic E-state index is 12.9. The van der Waals surface area contributed by atoms with Gasteiger partial charge in [-0.2, -0.15) is 0 Å². The molecule has 0 rings (SSSR count). The molecule has 0 saturated carbocycles. The van der Waals surface area contributed by atoms with E-state index >= 15 is 0 Å². The quantitative estimate of drug-likeness (QED) is 0.0345. The first-order valence-electron chi connectivity index (χ1n) is 31.1. The molecule has 0 aliphatic carbocycles. The third kappa shape index (κ3) is 59.6. The smallest absolute Gasteiger partial charge is 0.306 e. The van der Waals surface area contributed by atoms with E-state index in [9.17, 15) is 9.59 Å². The summed E-state index contributed by atoms with van der Waals surface area (Å²) in [6.07, 6.45) is 83.3. The van der Waals surface area contributed by atoms with Crippen molar-refractivity contribution in [3.63, 3.8) is 0 Å². The molecule has 0 aromatic heterocycles. The Kier molecular flexibility index (Phi) is 59.8. The van der Waals surface area contributed by atoms with Crippen molar-refractivity contribution in [1.82, 2.24) is 0 Å². The maximum Gasteiger partial charge on any atom is 0.306 e. The summed E-state index contributed by atoms with van der Waals surface area (Å²) in [5, 5.41) is 0. The van der Waals surface area contributed by atoms with Crippen LogP contribution in [0.1, 0.15) is 303 Å². The second kappa shape index (κ2) is 62.4. The van der Waals surface area contributed by atoms with Crippen molar-refractivity contribution in [1.29, 1.82) is 0 Å². The Balaban J connectivity index is 4.33. The molecule has 0 aliphatic heterocycles. The molecule has 0 radical (unpaired) electrons. The summed E-state index contributed by atoms with van der Waals surface area (Å²) in [6.45, 7) is 7.68. The molecule has 1 unspecified atom stereocenters. The average Bonchev–Trinajstić information content (AvgIpc) is 3.38. The number of carbonyl (C=O) groups excluding carboxylic acids is 2. The number of hydrogen-bond donors (Lipinski definition) is 0. The van der Waals surface area contributed by atoms with E-state index in [-0.39, 0.29) is 25.2 Å². The number of allylic oxidation sites excluding steroid dienone is 14. The summed E-state index contributed by atoms with van der Waals surface area (Å²) in [5.74, 6) is -0.410. The fraction of sp³-hybridized carbons (Fsp3) is 0.761. The Morgan fingerprint density at radius 3 is 1.01 bits per heavy atom. The minimum atomic E-state index is -0.558. The van der Waals surface area contributed by atoms with Gasteiger partial charge in [0.2, 0.25) is 0 Å². The Labute approximate surface area is 448 Å². The third-order valence-electron chi connectivity index (χ3n) is 13.4. The molecule has 5 heteroatoms. The van der Waals surface area contributed by atoms with E-state index in [1.165, 1.54) is 186 Å². The molecule has 0 saturated heterocycles. The van der Waals surface area contributed by atoms with Gasteiger partial charge in [0.25, 0.3) is 0 Å². The second-order valence-electron chi connectivity index (χ2n) is 20.6. The van der Waals surface area contributed by atoms with Crippen molar-refractivity contribution < 1.29 is 23.8 Å². The van der Waals surface area contributed by atoms with Crippen molar-refractivity contribution >= 4 is 11.9 Å². The lowest BCUT2D eigenvalue weighted by atomic mass is 10.1. The zero-order valence-electron chi connectivity index (χ0n) is 47.9. The second-order valence-corrected chi connectivity index (χ2v) is 20.6. The van der Waals surface area contributed by atoms with Crippen LogP contribution in [0.5, 0.6) is 0 Å². The fourth-order valence-corrected chi connectivity index (χ4v) is 8.76. The minimum Gasteiger partial charge on any atom is -0.462 e. The van der Waals surface area contributed by atoms with Crippen LogP contribution in [0.2, 0.25) is 0 Å². The first-order valence-corrected chi connectivity index (χ1v) is 31.1. The summed E-state index contributed by atoms with van der Waals surface area (Å²) in [4.78, 5) is 25.6. The molecule has 0 aliphatic rings. The molecule has 416 valence electrons. The lowest BCUT2D eigenvalue weighted by Gasteiger charge is -2.18. The highest BCUT2D eigenvalue weighted by molar-refractivity contribution is 5.70. The molecule has 0 bridgehead atoms. The van der Waals surface area contributed by atoms with Crippen molar-refractivity contribution in [2.75, 3.05) is 19.8 Å². The van der Waals surface area contributed by atoms with E-state index in [4.69, 9.17) is 14.2 Å². The van der Waals surface area contributed by atoms with E-state index in [0.717, 1.165) is 83.5 Å². The first kappa shape index (κ1) is 69.1. The molecule has 0 spiro atoms. The van der Waals surface area contributed by atoms with E-state index in [2.05, 4.69) is 106 Å². The highest BCUT2D eigenvalue weighted by Crippen LogP contribution is 2.15. The molecule has 5 nitrogen and oxygen atoms in total. The lowest BCUT2D eigenvalue weighted by Crippen LogP contribution is -2.30. The van der Waals surface area contributed by atoms with Gasteiger partial charge in [-0.25, -0.2) is 0 Å². The predicted molar refractivity (Wildman–Crippen MR) is 316 cm³/mol. The zero-order chi connectivity index (χ0) is 52.0. The summed E-state index contributed by atoms with van der Waals surface area (Å²) in [5.41, 5.74) is 0. The van der Waals surface area contributed by atoms with Crippen LogP contribution in [0.4, 0.5) is 0 Å². The van der Waals surface area contributed by atoms with Gasteiger partial charge in [-0.3, -0.25) is 9.59 Å². The van der Waals surface area contributed by atoms with Crippen LogP contribution in [0.25, 0.3) is 0 Å². The number of unbranched alkanes of at least 4 members (excludes halogenated alkanes) is 32. The molecule has 0 fully saturated rings. The van der Waals surface area contributed by atoms with Crippen LogP contribution >= 0.6 is 0 Å². The van der Waals surface area contributed by atoms with Crippen molar-refractivity contribution in [3.05, 3.63) is 85.1 Å². The average molecular weight is 1000 g/mol. The molecular weight excluding hydrogens is 885 g/mol. The van der Waals surface area contributed by atoms with Crippen LogP contribution in [-0.4, -0.2) is 37.9 Å². The van der Waals surface area contributed by atoms with Crippen molar-refractivity contribution in [2.45, 2.75) is 309 Å². The lowest BCUT2D eigenvalue weighted by molar-refractivity contribution is -0.163. The van der Waals surface area contributed by atoms with Crippen LogP contribution < -0.4 is 0 Å². The van der Waals surface area contributed by atoms with Gasteiger partial charge in [-0.15, -0.1) is 0 Å². The first-order chi connectivity index (χ1) is 35.6. The standard InChI is InChI=1S/C67H118O5/c1-4-7-10-13-16-19-22-25-28-31-33-35-38-41-44-47-50-53-56-59-62-70-63-65(72-67(69)61-58-55-52-49-46-43-40-36-30-27-24-21-18-15-12-9-6-3)64-71-66(68)60-57-54-51-48-45-42-39-37-34-32-29-26-23-20-17-14-11-8-5-2/h7,10,16,19,25-30,33,35,41,44,65H,4-6,8-9,11-15,17-18,20-24,31-32,34,36-40,42-43,45-64H2,1-3H3/b10-7-,19-16-,28-25-,29-26-,30-27-,35-33-,44-41-. The van der Waals surface area contributed by atoms with Gasteiger partial charge in [-0.1, -0.05) is 260 Å². The van der Waals surface area contributed by atoms with Crippen LogP contribution in [0, 0.1) is 0 Å². The summed E-state index contributed by atoms with van der Waals surface area (Å²) in [6, 6.07) is 0. The Bertz CT molecular complexity index is 1320. The molecule has 0 aromatic carbocycles. The van der Waals surface area contributed by atoms with Crippen molar-refractivity contribution in [2.24, 2.45) is 0 Å². The SMILES string of the molecule is CC/C=C\C/C=C\C/C=C\C/C=C\C/C=C\CCCCCCOCC(COC(=O)CCCCCCCCCCC/C=C\CCCCCCCC)OC(=O)CCCCCCCCC/C=C\CCCCCCCC. The molecule has 0 aromatic rings. The molecular formula is C67H118O5. The third-order valence-corrected chi connectivity index (χ3v) is 13.4. The molecule has 0 amide bonds. The number of hydrogen-bond acceptors (Lipinski definition) is 5. The van der Waals surface area contributed by atoms with E-state index in [1.54, 1.807) is 0 Å². The van der Waals surface area contributed by atoms with Gasteiger partial charge in [0.1, 0.15) is 6.61 Å². The van der Waals surface area contributed by atoms with Gasteiger partial charge in [0.05, 0.1) is 6.61 Å². The molecule has 72 heavy (non-hydrogen) atoms. The largest absolute Gasteiger partial charge is 0.462 e. The number of carbonyl (C=O) groups is 2. The maximum atomic E-state index is 12.9. The highest BCUT2D eigenvalue weighted by atomic mass is 16.6. The molecule has 1 atom stereocenters. The van der Waals surface area contributed by atoms with Gasteiger partial charge < -0.3 is 14.2 Å². The van der Waals surface area contributed by atoms with Crippen LogP contribution in [-0.2, 0) is 23.8 Å². The topological polar surface area (TPSA) is 61.8 Å². The van der Waals surface area contributed by atoms with E-state index in [1.807, 2.05) is 0 Å². The van der Waals surface area contributed by atoms with Gasteiger partial charge >= 0.3 is 11.9 Å². The Morgan fingerprint density at radius 2 is 0.625 bits per heavy atom. The highest BCUT2D eigenvalue weighted by Gasteiger charge is 2.17. The van der Waals surface area contributed by atoms with Crippen LogP contribution in [0.3, 0.4) is 0 Å². The Hall–Kier alpha value is -2.92. The normalized spacial score (nSPS) is 12.8. The van der Waals surface area contributed by atoms with Crippen LogP contribution in [0.15, 0.2) is 85.1 Å².